The Balaban J connectivity index is 2.27. The van der Waals surface area contributed by atoms with Gasteiger partial charge >= 0.3 is 6.18 Å². The van der Waals surface area contributed by atoms with E-state index in [0.29, 0.717) is 29.4 Å². The molecule has 1 aromatic heterocycles. The number of rotatable bonds is 5. The molecule has 0 spiro atoms. The highest BCUT2D eigenvalue weighted by Gasteiger charge is 2.29. The fraction of sp³-hybridized carbons (Fsp3) is 0.214. The molecule has 1 heterocycles. The molecule has 1 aromatic carbocycles. The first-order valence-electron chi connectivity index (χ1n) is 6.49. The van der Waals surface area contributed by atoms with Crippen molar-refractivity contribution in [3.63, 3.8) is 0 Å². The second-order valence-corrected chi connectivity index (χ2v) is 4.36. The number of alkyl halides is 3. The fourth-order valence-electron chi connectivity index (χ4n) is 1.82. The Morgan fingerprint density at radius 2 is 1.77 bits per heavy atom. The Morgan fingerprint density at radius 3 is 2.32 bits per heavy atom. The normalized spacial score (nSPS) is 11.1. The van der Waals surface area contributed by atoms with Gasteiger partial charge in [0.05, 0.1) is 11.1 Å². The number of halogens is 3. The maximum atomic E-state index is 12.5. The lowest BCUT2D eigenvalue weighted by Crippen LogP contribution is -2.08. The highest BCUT2D eigenvalue weighted by Crippen LogP contribution is 2.30. The molecule has 0 aliphatic heterocycles. The SMILES string of the molecule is CCNc1ncnc(Nc2ccc(C(F)(F)F)cc2)c1C=N. The molecule has 116 valence electrons. The summed E-state index contributed by atoms with van der Waals surface area (Å²) < 4.78 is 37.6. The van der Waals surface area contributed by atoms with Crippen molar-refractivity contribution < 1.29 is 13.2 Å². The number of anilines is 3. The summed E-state index contributed by atoms with van der Waals surface area (Å²) >= 11 is 0. The van der Waals surface area contributed by atoms with Crippen LogP contribution in [0.25, 0.3) is 0 Å². The molecule has 8 heteroatoms. The molecule has 0 unspecified atom stereocenters. The summed E-state index contributed by atoms with van der Waals surface area (Å²) in [6.45, 7) is 2.51. The highest BCUT2D eigenvalue weighted by atomic mass is 19.4. The van der Waals surface area contributed by atoms with Crippen molar-refractivity contribution in [1.29, 1.82) is 5.41 Å². The number of hydrogen-bond donors (Lipinski definition) is 3. The molecule has 0 radical (unpaired) electrons. The fourth-order valence-corrected chi connectivity index (χ4v) is 1.82. The van der Waals surface area contributed by atoms with E-state index in [-0.39, 0.29) is 0 Å². The Kier molecular flexibility index (Phi) is 4.59. The van der Waals surface area contributed by atoms with Gasteiger partial charge in [-0.2, -0.15) is 13.2 Å². The van der Waals surface area contributed by atoms with Crippen molar-refractivity contribution in [3.8, 4) is 0 Å². The van der Waals surface area contributed by atoms with E-state index in [4.69, 9.17) is 5.41 Å². The van der Waals surface area contributed by atoms with Crippen LogP contribution in [0.4, 0.5) is 30.5 Å². The van der Waals surface area contributed by atoms with E-state index in [2.05, 4.69) is 20.6 Å². The van der Waals surface area contributed by atoms with Gasteiger partial charge in [0.1, 0.15) is 18.0 Å². The minimum atomic E-state index is -4.37. The minimum absolute atomic E-state index is 0.348. The molecule has 3 N–H and O–H groups in total. The quantitative estimate of drug-likeness (QED) is 0.737. The van der Waals surface area contributed by atoms with Gasteiger partial charge in [-0.3, -0.25) is 0 Å². The standard InChI is InChI=1S/C14H14F3N5/c1-2-19-12-11(7-18)13(21-8-20-12)22-10-5-3-9(4-6-10)14(15,16)17/h3-8,18H,2H2,1H3,(H2,19,20,21,22). The summed E-state index contributed by atoms with van der Waals surface area (Å²) in [6, 6.07) is 4.59. The van der Waals surface area contributed by atoms with Gasteiger partial charge in [-0.15, -0.1) is 0 Å². The molecule has 0 saturated heterocycles. The number of benzene rings is 1. The maximum Gasteiger partial charge on any atom is 0.416 e. The monoisotopic (exact) mass is 309 g/mol. The molecular weight excluding hydrogens is 295 g/mol. The van der Waals surface area contributed by atoms with Gasteiger partial charge in [-0.05, 0) is 31.2 Å². The van der Waals surface area contributed by atoms with Crippen LogP contribution < -0.4 is 10.6 Å². The number of hydrogen-bond acceptors (Lipinski definition) is 5. The lowest BCUT2D eigenvalue weighted by molar-refractivity contribution is -0.137. The van der Waals surface area contributed by atoms with E-state index in [1.807, 2.05) is 6.92 Å². The highest BCUT2D eigenvalue weighted by molar-refractivity contribution is 5.91. The number of nitrogens with one attached hydrogen (secondary N) is 3. The van der Waals surface area contributed by atoms with Gasteiger partial charge in [0.2, 0.25) is 0 Å². The van der Waals surface area contributed by atoms with Crippen LogP contribution in [0.2, 0.25) is 0 Å². The number of nitrogens with zero attached hydrogens (tertiary/aromatic N) is 2. The van der Waals surface area contributed by atoms with Gasteiger partial charge < -0.3 is 16.0 Å². The Hall–Kier alpha value is -2.64. The van der Waals surface area contributed by atoms with Gasteiger partial charge in [-0.1, -0.05) is 0 Å². The molecular formula is C14H14F3N5. The van der Waals surface area contributed by atoms with E-state index in [9.17, 15) is 13.2 Å². The van der Waals surface area contributed by atoms with E-state index >= 15 is 0 Å². The molecule has 2 rings (SSSR count). The minimum Gasteiger partial charge on any atom is -0.370 e. The molecule has 5 nitrogen and oxygen atoms in total. The van der Waals surface area contributed by atoms with Crippen molar-refractivity contribution >= 4 is 23.5 Å². The van der Waals surface area contributed by atoms with E-state index < -0.39 is 11.7 Å². The molecule has 0 atom stereocenters. The molecule has 0 aliphatic rings. The maximum absolute atomic E-state index is 12.5. The van der Waals surface area contributed by atoms with Gasteiger partial charge in [-0.25, -0.2) is 9.97 Å². The summed E-state index contributed by atoms with van der Waals surface area (Å²) in [5, 5.41) is 13.3. The first-order valence-corrected chi connectivity index (χ1v) is 6.49. The number of aromatic nitrogens is 2. The molecule has 0 fully saturated rings. The Morgan fingerprint density at radius 1 is 1.14 bits per heavy atom. The second-order valence-electron chi connectivity index (χ2n) is 4.36. The Bertz CT molecular complexity index is 653. The van der Waals surface area contributed by atoms with Crippen LogP contribution in [0.3, 0.4) is 0 Å². The lowest BCUT2D eigenvalue weighted by Gasteiger charge is -2.12. The summed E-state index contributed by atoms with van der Waals surface area (Å²) in [6.07, 6.45) is -1.96. The smallest absolute Gasteiger partial charge is 0.370 e. The molecule has 2 aromatic rings. The molecule has 0 aliphatic carbocycles. The van der Waals surface area contributed by atoms with E-state index in [1.54, 1.807) is 0 Å². The van der Waals surface area contributed by atoms with Crippen LogP contribution >= 0.6 is 0 Å². The topological polar surface area (TPSA) is 73.7 Å². The zero-order valence-electron chi connectivity index (χ0n) is 11.7. The van der Waals surface area contributed by atoms with Crippen LogP contribution in [0.1, 0.15) is 18.1 Å². The predicted molar refractivity (Wildman–Crippen MR) is 78.8 cm³/mol. The summed E-state index contributed by atoms with van der Waals surface area (Å²) in [4.78, 5) is 8.05. The molecule has 0 saturated carbocycles. The first-order chi connectivity index (χ1) is 10.5. The summed E-state index contributed by atoms with van der Waals surface area (Å²) in [5.41, 5.74) is 0.155. The first kappa shape index (κ1) is 15.7. The second kappa shape index (κ2) is 6.42. The Labute approximate surface area is 125 Å². The largest absolute Gasteiger partial charge is 0.416 e. The van der Waals surface area contributed by atoms with Crippen LogP contribution in [-0.2, 0) is 6.18 Å². The van der Waals surface area contributed by atoms with Crippen LogP contribution in [-0.4, -0.2) is 22.7 Å². The van der Waals surface area contributed by atoms with Crippen molar-refractivity contribution in [1.82, 2.24) is 9.97 Å². The van der Waals surface area contributed by atoms with Crippen LogP contribution in [0.5, 0.6) is 0 Å². The summed E-state index contributed by atoms with van der Waals surface area (Å²) in [7, 11) is 0. The van der Waals surface area contributed by atoms with E-state index in [1.165, 1.54) is 18.5 Å². The van der Waals surface area contributed by atoms with Crippen LogP contribution in [0, 0.1) is 5.41 Å². The van der Waals surface area contributed by atoms with Gasteiger partial charge in [0.15, 0.2) is 0 Å². The van der Waals surface area contributed by atoms with Gasteiger partial charge in [0, 0.05) is 18.4 Å². The molecule has 0 bridgehead atoms. The third-order valence-electron chi connectivity index (χ3n) is 2.85. The predicted octanol–water partition coefficient (Wildman–Crippen LogP) is 3.67. The van der Waals surface area contributed by atoms with Crippen molar-refractivity contribution in [2.75, 3.05) is 17.2 Å². The van der Waals surface area contributed by atoms with Crippen molar-refractivity contribution in [2.45, 2.75) is 13.1 Å². The van der Waals surface area contributed by atoms with E-state index in [0.717, 1.165) is 18.3 Å². The summed E-state index contributed by atoms with van der Waals surface area (Å²) in [5.74, 6) is 0.836. The van der Waals surface area contributed by atoms with Crippen LogP contribution in [0.15, 0.2) is 30.6 Å². The zero-order valence-corrected chi connectivity index (χ0v) is 11.7. The zero-order chi connectivity index (χ0) is 16.2. The third kappa shape index (κ3) is 3.51. The average Bonchev–Trinajstić information content (AvgIpc) is 2.47. The molecule has 0 amide bonds. The third-order valence-corrected chi connectivity index (χ3v) is 2.85. The average molecular weight is 309 g/mol. The van der Waals surface area contributed by atoms with Gasteiger partial charge in [0.25, 0.3) is 0 Å². The van der Waals surface area contributed by atoms with Crippen molar-refractivity contribution in [2.24, 2.45) is 0 Å². The lowest BCUT2D eigenvalue weighted by atomic mass is 10.2. The van der Waals surface area contributed by atoms with Crippen molar-refractivity contribution in [3.05, 3.63) is 41.7 Å². The molecule has 22 heavy (non-hydrogen) atoms.